The second-order valence-corrected chi connectivity index (χ2v) is 7.40. The van der Waals surface area contributed by atoms with Gasteiger partial charge in [0.05, 0.1) is 0 Å². The highest BCUT2D eigenvalue weighted by Crippen LogP contribution is 2.35. The maximum Gasteiger partial charge on any atom is 0.123 e. The Bertz CT molecular complexity index is 480. The fraction of sp³-hybridized carbons (Fsp3) is 0.667. The Morgan fingerprint density at radius 3 is 2.90 bits per heavy atom. The molecule has 2 unspecified atom stereocenters. The van der Waals surface area contributed by atoms with Crippen molar-refractivity contribution in [1.29, 1.82) is 0 Å². The van der Waals surface area contributed by atoms with Crippen molar-refractivity contribution in [3.63, 3.8) is 0 Å². The summed E-state index contributed by atoms with van der Waals surface area (Å²) in [5.41, 5.74) is 2.72. The molecule has 1 heterocycles. The molecule has 2 atom stereocenters. The maximum atomic E-state index is 5.93. The van der Waals surface area contributed by atoms with Crippen LogP contribution in [0.25, 0.3) is 0 Å². The van der Waals surface area contributed by atoms with E-state index in [2.05, 4.69) is 44.3 Å². The molecule has 2 aliphatic rings. The molecule has 1 saturated carbocycles. The molecular weight excluding hydrogens is 246 g/mol. The predicted molar refractivity (Wildman–Crippen MR) is 83.1 cm³/mol. The highest BCUT2D eigenvalue weighted by atomic mass is 16.5. The van der Waals surface area contributed by atoms with E-state index in [4.69, 9.17) is 4.74 Å². The maximum absolute atomic E-state index is 5.93. The van der Waals surface area contributed by atoms with Crippen LogP contribution >= 0.6 is 0 Å². The average molecular weight is 273 g/mol. The van der Waals surface area contributed by atoms with Crippen LogP contribution in [-0.4, -0.2) is 12.1 Å². The van der Waals surface area contributed by atoms with E-state index in [1.165, 1.54) is 36.9 Å². The molecule has 1 N–H and O–H groups in total. The SMILES string of the molecule is CC1CCC(CNCc2ccc3c(c2)CC(C)(C)O3)C1. The van der Waals surface area contributed by atoms with Crippen molar-refractivity contribution < 1.29 is 4.74 Å². The lowest BCUT2D eigenvalue weighted by atomic mass is 10.00. The lowest BCUT2D eigenvalue weighted by Gasteiger charge is -2.16. The monoisotopic (exact) mass is 273 g/mol. The minimum absolute atomic E-state index is 0.0334. The Balaban J connectivity index is 1.52. The third-order valence-electron chi connectivity index (χ3n) is 4.69. The number of fused-ring (bicyclic) bond motifs is 1. The predicted octanol–water partition coefficient (Wildman–Crippen LogP) is 3.93. The van der Waals surface area contributed by atoms with E-state index >= 15 is 0 Å². The molecule has 0 saturated heterocycles. The van der Waals surface area contributed by atoms with E-state index in [0.29, 0.717) is 0 Å². The summed E-state index contributed by atoms with van der Waals surface area (Å²) < 4.78 is 5.93. The van der Waals surface area contributed by atoms with Gasteiger partial charge in [0.2, 0.25) is 0 Å². The molecule has 0 radical (unpaired) electrons. The van der Waals surface area contributed by atoms with Crippen LogP contribution in [-0.2, 0) is 13.0 Å². The van der Waals surface area contributed by atoms with E-state index in [1.54, 1.807) is 0 Å². The van der Waals surface area contributed by atoms with Gasteiger partial charge in [-0.1, -0.05) is 25.5 Å². The van der Waals surface area contributed by atoms with E-state index in [9.17, 15) is 0 Å². The van der Waals surface area contributed by atoms with Gasteiger partial charge in [0.1, 0.15) is 11.4 Å². The first-order valence-electron chi connectivity index (χ1n) is 8.03. The average Bonchev–Trinajstić information content (AvgIpc) is 2.90. The van der Waals surface area contributed by atoms with Crippen molar-refractivity contribution in [2.75, 3.05) is 6.54 Å². The van der Waals surface area contributed by atoms with Gasteiger partial charge in [-0.15, -0.1) is 0 Å². The summed E-state index contributed by atoms with van der Waals surface area (Å²) in [6.45, 7) is 8.85. The highest BCUT2D eigenvalue weighted by Gasteiger charge is 2.29. The first-order chi connectivity index (χ1) is 9.52. The molecule has 3 rings (SSSR count). The molecule has 1 aromatic rings. The third kappa shape index (κ3) is 3.17. The van der Waals surface area contributed by atoms with Gasteiger partial charge in [-0.25, -0.2) is 0 Å². The van der Waals surface area contributed by atoms with Crippen LogP contribution in [0.2, 0.25) is 0 Å². The molecule has 2 heteroatoms. The summed E-state index contributed by atoms with van der Waals surface area (Å²) in [7, 11) is 0. The molecule has 0 aromatic heterocycles. The lowest BCUT2D eigenvalue weighted by Crippen LogP contribution is -2.24. The van der Waals surface area contributed by atoms with Gasteiger partial charge < -0.3 is 10.1 Å². The number of nitrogens with one attached hydrogen (secondary N) is 1. The number of hydrogen-bond donors (Lipinski definition) is 1. The zero-order chi connectivity index (χ0) is 14.2. The van der Waals surface area contributed by atoms with Gasteiger partial charge >= 0.3 is 0 Å². The summed E-state index contributed by atoms with van der Waals surface area (Å²) in [5.74, 6) is 2.89. The van der Waals surface area contributed by atoms with E-state index in [1.807, 2.05) is 0 Å². The van der Waals surface area contributed by atoms with E-state index in [-0.39, 0.29) is 5.60 Å². The first kappa shape index (κ1) is 13.9. The standard InChI is InChI=1S/C18H27NO/c1-13-4-5-14(8-13)11-19-12-15-6-7-17-16(9-15)10-18(2,3)20-17/h6-7,9,13-14,19H,4-5,8,10-12H2,1-3H3. The summed E-state index contributed by atoms with van der Waals surface area (Å²) in [6.07, 6.45) is 5.24. The fourth-order valence-corrected chi connectivity index (χ4v) is 3.70. The summed E-state index contributed by atoms with van der Waals surface area (Å²) in [4.78, 5) is 0. The number of rotatable bonds is 4. The molecule has 110 valence electrons. The Hall–Kier alpha value is -1.02. The highest BCUT2D eigenvalue weighted by molar-refractivity contribution is 5.41. The second-order valence-electron chi connectivity index (χ2n) is 7.40. The minimum atomic E-state index is -0.0334. The molecule has 2 nitrogen and oxygen atoms in total. The molecule has 0 amide bonds. The molecule has 1 aromatic carbocycles. The summed E-state index contributed by atoms with van der Waals surface area (Å²) in [6, 6.07) is 6.65. The van der Waals surface area contributed by atoms with E-state index in [0.717, 1.165) is 30.6 Å². The van der Waals surface area contributed by atoms with Crippen LogP contribution in [0.3, 0.4) is 0 Å². The van der Waals surface area contributed by atoms with Crippen molar-refractivity contribution in [2.45, 2.75) is 58.6 Å². The zero-order valence-electron chi connectivity index (χ0n) is 13.0. The largest absolute Gasteiger partial charge is 0.487 e. The zero-order valence-corrected chi connectivity index (χ0v) is 13.0. The van der Waals surface area contributed by atoms with Gasteiger partial charge in [0.25, 0.3) is 0 Å². The Kier molecular flexibility index (Phi) is 3.76. The van der Waals surface area contributed by atoms with Crippen LogP contribution in [0.5, 0.6) is 5.75 Å². The van der Waals surface area contributed by atoms with Crippen molar-refractivity contribution in [2.24, 2.45) is 11.8 Å². The first-order valence-corrected chi connectivity index (χ1v) is 8.03. The number of ether oxygens (including phenoxy) is 1. The molecule has 20 heavy (non-hydrogen) atoms. The minimum Gasteiger partial charge on any atom is -0.487 e. The van der Waals surface area contributed by atoms with Crippen molar-refractivity contribution >= 4 is 0 Å². The fourth-order valence-electron chi connectivity index (χ4n) is 3.70. The van der Waals surface area contributed by atoms with Crippen LogP contribution in [0, 0.1) is 11.8 Å². The Morgan fingerprint density at radius 1 is 1.30 bits per heavy atom. The van der Waals surface area contributed by atoms with Crippen LogP contribution < -0.4 is 10.1 Å². The van der Waals surface area contributed by atoms with Gasteiger partial charge in [-0.05, 0) is 62.3 Å². The summed E-state index contributed by atoms with van der Waals surface area (Å²) >= 11 is 0. The second kappa shape index (κ2) is 5.40. The molecule has 1 aliphatic heterocycles. The summed E-state index contributed by atoms with van der Waals surface area (Å²) in [5, 5.41) is 3.64. The lowest BCUT2D eigenvalue weighted by molar-refractivity contribution is 0.138. The third-order valence-corrected chi connectivity index (χ3v) is 4.69. The number of hydrogen-bond acceptors (Lipinski definition) is 2. The normalized spacial score (nSPS) is 27.4. The van der Waals surface area contributed by atoms with E-state index < -0.39 is 0 Å². The molecule has 1 fully saturated rings. The molecular formula is C18H27NO. The Morgan fingerprint density at radius 2 is 2.15 bits per heavy atom. The van der Waals surface area contributed by atoms with Gasteiger partial charge in [-0.3, -0.25) is 0 Å². The molecule has 0 spiro atoms. The van der Waals surface area contributed by atoms with Crippen molar-refractivity contribution in [3.8, 4) is 5.75 Å². The quantitative estimate of drug-likeness (QED) is 0.897. The van der Waals surface area contributed by atoms with Crippen LogP contribution in [0.4, 0.5) is 0 Å². The van der Waals surface area contributed by atoms with Gasteiger partial charge in [0.15, 0.2) is 0 Å². The smallest absolute Gasteiger partial charge is 0.123 e. The van der Waals surface area contributed by atoms with Crippen molar-refractivity contribution in [1.82, 2.24) is 5.32 Å². The Labute approximate surface area is 122 Å². The van der Waals surface area contributed by atoms with Crippen molar-refractivity contribution in [3.05, 3.63) is 29.3 Å². The number of benzene rings is 1. The van der Waals surface area contributed by atoms with Gasteiger partial charge in [-0.2, -0.15) is 0 Å². The molecule has 0 bridgehead atoms. The molecule has 1 aliphatic carbocycles. The topological polar surface area (TPSA) is 21.3 Å². The van der Waals surface area contributed by atoms with Crippen LogP contribution in [0.15, 0.2) is 18.2 Å². The van der Waals surface area contributed by atoms with Gasteiger partial charge in [0, 0.05) is 13.0 Å². The van der Waals surface area contributed by atoms with Crippen LogP contribution in [0.1, 0.15) is 51.2 Å².